The van der Waals surface area contributed by atoms with E-state index in [1.807, 2.05) is 0 Å². The summed E-state index contributed by atoms with van der Waals surface area (Å²) in [5.41, 5.74) is 7.56. The zero-order valence-corrected chi connectivity index (χ0v) is 17.7. The number of thioether (sulfide) groups is 1. The van der Waals surface area contributed by atoms with Crippen LogP contribution >= 0.6 is 11.8 Å². The van der Waals surface area contributed by atoms with Crippen molar-refractivity contribution in [1.29, 1.82) is 0 Å². The van der Waals surface area contributed by atoms with Crippen LogP contribution in [0.25, 0.3) is 0 Å². The Morgan fingerprint density at radius 2 is 1.96 bits per heavy atom. The van der Waals surface area contributed by atoms with Crippen LogP contribution < -0.4 is 0 Å². The molecule has 3 atom stereocenters. The maximum Gasteiger partial charge on any atom is 0.0444 e. The van der Waals surface area contributed by atoms with Crippen molar-refractivity contribution < 1.29 is 0 Å². The molecule has 3 aliphatic carbocycles. The summed E-state index contributed by atoms with van der Waals surface area (Å²) < 4.78 is 0. The largest absolute Gasteiger partial charge is 0.261 e. The fraction of sp³-hybridized carbons (Fsp3) is 0.423. The van der Waals surface area contributed by atoms with Crippen molar-refractivity contribution in [1.82, 2.24) is 0 Å². The van der Waals surface area contributed by atoms with Gasteiger partial charge in [-0.25, -0.2) is 0 Å². The van der Waals surface area contributed by atoms with E-state index in [-0.39, 0.29) is 0 Å². The van der Waals surface area contributed by atoms with E-state index in [0.29, 0.717) is 23.0 Å². The Morgan fingerprint density at radius 3 is 2.79 bits per heavy atom. The number of hydrogen-bond acceptors (Lipinski definition) is 2. The molecule has 2 heterocycles. The van der Waals surface area contributed by atoms with Crippen LogP contribution in [-0.4, -0.2) is 11.0 Å². The van der Waals surface area contributed by atoms with Gasteiger partial charge in [-0.2, -0.15) is 0 Å². The number of nitrogens with zero attached hydrogens (tertiary/aromatic N) is 1. The molecule has 0 spiro atoms. The van der Waals surface area contributed by atoms with Crippen molar-refractivity contribution in [3.8, 4) is 0 Å². The summed E-state index contributed by atoms with van der Waals surface area (Å²) in [4.78, 5) is 6.54. The number of aliphatic imine (C=N–C) groups is 1. The van der Waals surface area contributed by atoms with Gasteiger partial charge >= 0.3 is 0 Å². The Morgan fingerprint density at radius 1 is 1.07 bits per heavy atom. The molecule has 0 fully saturated rings. The Balaban J connectivity index is 1.50. The van der Waals surface area contributed by atoms with Gasteiger partial charge in [0, 0.05) is 40.3 Å². The molecule has 3 unspecified atom stereocenters. The van der Waals surface area contributed by atoms with Gasteiger partial charge in [-0.1, -0.05) is 62.5 Å². The quantitative estimate of drug-likeness (QED) is 0.503. The van der Waals surface area contributed by atoms with Crippen LogP contribution in [0.1, 0.15) is 46.0 Å². The standard InChI is InChI=1S/C26H29NS/c1-17(2)23-16-27-24(18-9-4-3-5-10-18)15-22(23)21-13-8-12-20-19-11-6-7-14-25(19)28-26(20)21/h3-4,6-7,9,11,13-14,16-17,19,22,25H,5,8,10,12,15H2,1-2H3. The van der Waals surface area contributed by atoms with Crippen molar-refractivity contribution >= 4 is 17.5 Å². The summed E-state index contributed by atoms with van der Waals surface area (Å²) in [6, 6.07) is 0. The molecular weight excluding hydrogens is 358 g/mol. The maximum atomic E-state index is 4.94. The molecule has 144 valence electrons. The van der Waals surface area contributed by atoms with Crippen LogP contribution in [-0.2, 0) is 0 Å². The molecule has 0 aromatic heterocycles. The van der Waals surface area contributed by atoms with E-state index in [1.165, 1.54) is 29.7 Å². The number of fused-ring (bicyclic) bond motifs is 2. The summed E-state index contributed by atoms with van der Waals surface area (Å²) in [7, 11) is 0. The number of rotatable bonds is 3. The van der Waals surface area contributed by atoms with Crippen molar-refractivity contribution in [3.63, 3.8) is 0 Å². The topological polar surface area (TPSA) is 12.4 Å². The van der Waals surface area contributed by atoms with Crippen LogP contribution in [0.4, 0.5) is 0 Å². The molecule has 0 amide bonds. The Labute approximate surface area is 173 Å². The highest BCUT2D eigenvalue weighted by atomic mass is 32.2. The minimum atomic E-state index is 0.491. The molecule has 0 N–H and O–H groups in total. The fourth-order valence-corrected chi connectivity index (χ4v) is 6.79. The molecule has 0 radical (unpaired) electrons. The molecule has 0 bridgehead atoms. The minimum absolute atomic E-state index is 0.491. The van der Waals surface area contributed by atoms with Crippen LogP contribution in [0, 0.1) is 17.8 Å². The fourth-order valence-electron chi connectivity index (χ4n) is 5.19. The van der Waals surface area contributed by atoms with Gasteiger partial charge in [-0.15, -0.1) is 11.8 Å². The van der Waals surface area contributed by atoms with E-state index in [2.05, 4.69) is 80.4 Å². The third kappa shape index (κ3) is 3.16. The third-order valence-corrected chi connectivity index (χ3v) is 8.12. The zero-order valence-electron chi connectivity index (χ0n) is 16.9. The van der Waals surface area contributed by atoms with E-state index >= 15 is 0 Å². The smallest absolute Gasteiger partial charge is 0.0444 e. The molecule has 0 aromatic carbocycles. The molecule has 0 saturated carbocycles. The predicted octanol–water partition coefficient (Wildman–Crippen LogP) is 7.10. The summed E-state index contributed by atoms with van der Waals surface area (Å²) >= 11 is 2.11. The predicted molar refractivity (Wildman–Crippen MR) is 122 cm³/mol. The summed E-state index contributed by atoms with van der Waals surface area (Å²) in [5.74, 6) is 1.64. The SMILES string of the molecule is CC(C)C1=CN=C(C2=CC=CCC2)CC1C1=CCCC2=C1SC1C=CC=CC21. The highest BCUT2D eigenvalue weighted by molar-refractivity contribution is 8.04. The first-order valence-corrected chi connectivity index (χ1v) is 11.7. The lowest BCUT2D eigenvalue weighted by Gasteiger charge is -2.32. The van der Waals surface area contributed by atoms with Crippen molar-refractivity contribution in [2.45, 2.75) is 51.2 Å². The molecule has 2 aliphatic heterocycles. The number of allylic oxidation sites excluding steroid dienone is 11. The first-order valence-electron chi connectivity index (χ1n) is 10.8. The molecule has 28 heavy (non-hydrogen) atoms. The van der Waals surface area contributed by atoms with Crippen LogP contribution in [0.2, 0.25) is 0 Å². The third-order valence-electron chi connectivity index (χ3n) is 6.67. The van der Waals surface area contributed by atoms with Crippen LogP contribution in [0.15, 0.2) is 87.0 Å². The molecule has 0 saturated heterocycles. The van der Waals surface area contributed by atoms with Gasteiger partial charge in [0.05, 0.1) is 0 Å². The maximum absolute atomic E-state index is 4.94. The van der Waals surface area contributed by atoms with Gasteiger partial charge in [-0.05, 0) is 53.9 Å². The van der Waals surface area contributed by atoms with Gasteiger partial charge in [-0.3, -0.25) is 4.99 Å². The molecule has 2 heteroatoms. The summed E-state index contributed by atoms with van der Waals surface area (Å²) in [6.07, 6.45) is 26.6. The normalized spacial score (nSPS) is 31.3. The van der Waals surface area contributed by atoms with Crippen molar-refractivity contribution in [2.75, 3.05) is 0 Å². The second kappa shape index (κ2) is 7.55. The van der Waals surface area contributed by atoms with Crippen LogP contribution in [0.5, 0.6) is 0 Å². The van der Waals surface area contributed by atoms with Crippen molar-refractivity contribution in [3.05, 3.63) is 82.0 Å². The first-order chi connectivity index (χ1) is 13.7. The molecule has 5 aliphatic rings. The Hall–Kier alpha value is -1.80. The Kier molecular flexibility index (Phi) is 4.92. The highest BCUT2D eigenvalue weighted by Gasteiger charge is 2.39. The minimum Gasteiger partial charge on any atom is -0.261 e. The molecule has 1 nitrogen and oxygen atoms in total. The summed E-state index contributed by atoms with van der Waals surface area (Å²) in [5, 5.41) is 0.603. The van der Waals surface area contributed by atoms with E-state index < -0.39 is 0 Å². The van der Waals surface area contributed by atoms with E-state index in [4.69, 9.17) is 4.99 Å². The lowest BCUT2D eigenvalue weighted by Crippen LogP contribution is -2.22. The second-order valence-corrected chi connectivity index (χ2v) is 9.89. The lowest BCUT2D eigenvalue weighted by atomic mass is 9.75. The monoisotopic (exact) mass is 387 g/mol. The van der Waals surface area contributed by atoms with E-state index in [1.54, 1.807) is 16.1 Å². The van der Waals surface area contributed by atoms with Gasteiger partial charge in [0.25, 0.3) is 0 Å². The van der Waals surface area contributed by atoms with Crippen molar-refractivity contribution in [2.24, 2.45) is 22.7 Å². The van der Waals surface area contributed by atoms with Gasteiger partial charge < -0.3 is 0 Å². The highest BCUT2D eigenvalue weighted by Crippen LogP contribution is 2.54. The lowest BCUT2D eigenvalue weighted by molar-refractivity contribution is 0.607. The average molecular weight is 388 g/mol. The average Bonchev–Trinajstić information content (AvgIpc) is 3.13. The molecule has 0 aromatic rings. The molecular formula is C26H29NS. The Bertz CT molecular complexity index is 916. The number of hydrogen-bond donors (Lipinski definition) is 0. The zero-order chi connectivity index (χ0) is 19.1. The van der Waals surface area contributed by atoms with Gasteiger partial charge in [0.15, 0.2) is 0 Å². The van der Waals surface area contributed by atoms with E-state index in [9.17, 15) is 0 Å². The van der Waals surface area contributed by atoms with Gasteiger partial charge in [0.1, 0.15) is 0 Å². The van der Waals surface area contributed by atoms with E-state index in [0.717, 1.165) is 19.3 Å². The molecule has 5 rings (SSSR count). The summed E-state index contributed by atoms with van der Waals surface area (Å²) in [6.45, 7) is 4.65. The van der Waals surface area contributed by atoms with Crippen LogP contribution in [0.3, 0.4) is 0 Å². The first kappa shape index (κ1) is 18.2. The van der Waals surface area contributed by atoms with Gasteiger partial charge in [0.2, 0.25) is 0 Å². The second-order valence-electron chi connectivity index (χ2n) is 8.71.